The minimum Gasteiger partial charge on any atom is -0.485 e. The predicted molar refractivity (Wildman–Crippen MR) is 176 cm³/mol. The van der Waals surface area contributed by atoms with E-state index in [1.807, 2.05) is 24.3 Å². The summed E-state index contributed by atoms with van der Waals surface area (Å²) < 4.78 is 7.73. The van der Waals surface area contributed by atoms with Gasteiger partial charge >= 0.3 is 0 Å². The molecule has 0 atom stereocenters. The molecule has 3 amide bonds. The molecule has 2 aromatic carbocycles. The van der Waals surface area contributed by atoms with E-state index in [9.17, 15) is 14.4 Å². The highest BCUT2D eigenvalue weighted by atomic mass is 35.5. The topological polar surface area (TPSA) is 96.2 Å². The summed E-state index contributed by atoms with van der Waals surface area (Å²) in [5, 5.41) is 3.71. The number of halogens is 4. The van der Waals surface area contributed by atoms with Gasteiger partial charge in [-0.15, -0.1) is 12.4 Å². The molecule has 1 aliphatic rings. The molecule has 0 spiro atoms. The van der Waals surface area contributed by atoms with Crippen LogP contribution in [0.15, 0.2) is 60.8 Å². The molecular weight excluding hydrogens is 648 g/mol. The summed E-state index contributed by atoms with van der Waals surface area (Å²) in [6.07, 6.45) is 6.20. The third-order valence-electron chi connectivity index (χ3n) is 7.11. The molecule has 44 heavy (non-hydrogen) atoms. The molecule has 0 bridgehead atoms. The number of aromatic nitrogens is 2. The van der Waals surface area contributed by atoms with Gasteiger partial charge in [-0.3, -0.25) is 18.8 Å². The zero-order chi connectivity index (χ0) is 30.7. The molecular formula is C31H29Cl4N5O4. The van der Waals surface area contributed by atoms with Crippen molar-refractivity contribution in [3.8, 4) is 5.75 Å². The molecule has 1 N–H and O–H groups in total. The number of carbonyl (C=O) groups is 3. The Kier molecular flexibility index (Phi) is 10.8. The number of hydrogen-bond acceptors (Lipinski definition) is 5. The fourth-order valence-electron chi connectivity index (χ4n) is 4.70. The third-order valence-corrected chi connectivity index (χ3v) is 8.34. The Labute approximate surface area is 275 Å². The predicted octanol–water partition coefficient (Wildman–Crippen LogP) is 6.52. The van der Waals surface area contributed by atoms with E-state index >= 15 is 0 Å². The van der Waals surface area contributed by atoms with Crippen molar-refractivity contribution in [2.24, 2.45) is 0 Å². The maximum atomic E-state index is 12.9. The summed E-state index contributed by atoms with van der Waals surface area (Å²) in [5.74, 6) is -0.205. The molecule has 0 saturated carbocycles. The first-order valence-electron chi connectivity index (χ1n) is 13.5. The van der Waals surface area contributed by atoms with Gasteiger partial charge in [0.05, 0.1) is 22.9 Å². The van der Waals surface area contributed by atoms with Crippen molar-refractivity contribution >= 4 is 88.0 Å². The van der Waals surface area contributed by atoms with E-state index in [-0.39, 0.29) is 42.4 Å². The largest absolute Gasteiger partial charge is 0.485 e. The van der Waals surface area contributed by atoms with Crippen LogP contribution in [-0.4, -0.2) is 47.2 Å². The fourth-order valence-corrected chi connectivity index (χ4v) is 5.48. The number of rotatable bonds is 9. The van der Waals surface area contributed by atoms with E-state index in [1.54, 1.807) is 59.8 Å². The summed E-state index contributed by atoms with van der Waals surface area (Å²) >= 11 is 19.4. The van der Waals surface area contributed by atoms with Gasteiger partial charge < -0.3 is 19.9 Å². The number of fused-ring (bicyclic) bond motifs is 1. The Hall–Kier alpha value is -3.76. The van der Waals surface area contributed by atoms with Gasteiger partial charge in [0.15, 0.2) is 11.4 Å². The lowest BCUT2D eigenvalue weighted by Gasteiger charge is -2.21. The van der Waals surface area contributed by atoms with Gasteiger partial charge in [0.2, 0.25) is 17.7 Å². The zero-order valence-corrected chi connectivity index (χ0v) is 26.9. The lowest BCUT2D eigenvalue weighted by atomic mass is 10.2. The Balaban J connectivity index is 0.00000442. The standard InChI is InChI=1S/C31H28Cl3N5O4.ClH/c1-19-30(34)39-16-3-5-25(31(39)36-19)43-18-22-23(32)12-13-24(29(22)33)37(2)28(42)17-35-26(40)14-9-20-7-10-21(11-8-20)38-15-4-6-27(38)41;/h3,5,7-14,16H,4,6,15,17-18H2,1-2H3,(H,35,40);1H/b14-9+;. The summed E-state index contributed by atoms with van der Waals surface area (Å²) in [6, 6.07) is 14.2. The number of amides is 3. The number of pyridine rings is 1. The van der Waals surface area contributed by atoms with Crippen LogP contribution >= 0.6 is 47.2 Å². The maximum Gasteiger partial charge on any atom is 0.246 e. The Morgan fingerprint density at radius 3 is 2.57 bits per heavy atom. The minimum atomic E-state index is -0.430. The number of anilines is 2. The number of aryl methyl sites for hydroxylation is 1. The summed E-state index contributed by atoms with van der Waals surface area (Å²) in [5.41, 5.74) is 3.75. The van der Waals surface area contributed by atoms with Gasteiger partial charge in [0.1, 0.15) is 11.8 Å². The van der Waals surface area contributed by atoms with Crippen LogP contribution in [0.1, 0.15) is 29.7 Å². The van der Waals surface area contributed by atoms with Crippen molar-refractivity contribution in [1.29, 1.82) is 0 Å². The first kappa shape index (κ1) is 33.1. The van der Waals surface area contributed by atoms with E-state index in [4.69, 9.17) is 39.5 Å². The van der Waals surface area contributed by atoms with E-state index in [0.717, 1.165) is 17.7 Å². The van der Waals surface area contributed by atoms with Crippen LogP contribution in [0.25, 0.3) is 11.7 Å². The second-order valence-corrected chi connectivity index (χ2v) is 11.1. The van der Waals surface area contributed by atoms with E-state index < -0.39 is 5.91 Å². The number of likely N-dealkylation sites (N-methyl/N-ethyl adjacent to an activating group) is 1. The van der Waals surface area contributed by atoms with Crippen molar-refractivity contribution < 1.29 is 19.1 Å². The van der Waals surface area contributed by atoms with Crippen molar-refractivity contribution in [2.75, 3.05) is 29.9 Å². The van der Waals surface area contributed by atoms with Crippen LogP contribution < -0.4 is 19.9 Å². The zero-order valence-electron chi connectivity index (χ0n) is 23.9. The van der Waals surface area contributed by atoms with Crippen LogP contribution in [0, 0.1) is 6.92 Å². The van der Waals surface area contributed by atoms with Gasteiger partial charge in [-0.05, 0) is 61.4 Å². The first-order chi connectivity index (χ1) is 20.6. The van der Waals surface area contributed by atoms with Gasteiger partial charge in [-0.1, -0.05) is 46.9 Å². The summed E-state index contributed by atoms with van der Waals surface area (Å²) in [7, 11) is 1.56. The van der Waals surface area contributed by atoms with E-state index in [0.29, 0.717) is 51.5 Å². The van der Waals surface area contributed by atoms with Gasteiger partial charge in [0.25, 0.3) is 0 Å². The maximum absolute atomic E-state index is 12.9. The molecule has 1 fully saturated rings. The molecule has 0 unspecified atom stereocenters. The highest BCUT2D eigenvalue weighted by Gasteiger charge is 2.22. The number of hydrogen-bond donors (Lipinski definition) is 1. The van der Waals surface area contributed by atoms with Crippen LogP contribution in [0.3, 0.4) is 0 Å². The Bertz CT molecular complexity index is 1740. The highest BCUT2D eigenvalue weighted by Crippen LogP contribution is 2.35. The lowest BCUT2D eigenvalue weighted by molar-refractivity contribution is -0.122. The molecule has 3 heterocycles. The summed E-state index contributed by atoms with van der Waals surface area (Å²) in [4.78, 5) is 44.8. The SMILES string of the molecule is Cc1nc2c(OCc3c(Cl)ccc(N(C)C(=O)CNC(=O)/C=C/c4ccc(N5CCCC5=O)cc4)c3Cl)cccn2c1Cl.Cl. The molecule has 1 saturated heterocycles. The molecule has 230 valence electrons. The molecule has 5 rings (SSSR count). The van der Waals surface area contributed by atoms with Gasteiger partial charge in [0, 0.05) is 48.6 Å². The quantitative estimate of drug-likeness (QED) is 0.204. The van der Waals surface area contributed by atoms with Crippen molar-refractivity contribution in [1.82, 2.24) is 14.7 Å². The highest BCUT2D eigenvalue weighted by molar-refractivity contribution is 6.38. The molecule has 1 aliphatic heterocycles. The van der Waals surface area contributed by atoms with E-state index in [1.165, 1.54) is 11.0 Å². The second kappa shape index (κ2) is 14.3. The number of nitrogens with one attached hydrogen (secondary N) is 1. The molecule has 9 nitrogen and oxygen atoms in total. The number of imidazole rings is 1. The molecule has 0 aliphatic carbocycles. The van der Waals surface area contributed by atoms with Crippen molar-refractivity contribution in [3.63, 3.8) is 0 Å². The minimum absolute atomic E-state index is 0. The van der Waals surface area contributed by atoms with E-state index in [2.05, 4.69) is 10.3 Å². The number of benzene rings is 2. The number of ether oxygens (including phenoxy) is 1. The van der Waals surface area contributed by atoms with Crippen LogP contribution in [-0.2, 0) is 21.0 Å². The molecule has 4 aromatic rings. The Morgan fingerprint density at radius 1 is 1.11 bits per heavy atom. The fraction of sp³-hybridized carbons (Fsp3) is 0.226. The first-order valence-corrected chi connectivity index (χ1v) is 14.6. The molecule has 0 radical (unpaired) electrons. The second-order valence-electron chi connectivity index (χ2n) is 9.95. The number of nitrogens with zero attached hydrogens (tertiary/aromatic N) is 4. The average Bonchev–Trinajstić information content (AvgIpc) is 3.56. The molecule has 13 heteroatoms. The van der Waals surface area contributed by atoms with Crippen LogP contribution in [0.2, 0.25) is 15.2 Å². The average molecular weight is 677 g/mol. The van der Waals surface area contributed by atoms with Crippen LogP contribution in [0.4, 0.5) is 11.4 Å². The van der Waals surface area contributed by atoms with Crippen LogP contribution in [0.5, 0.6) is 5.75 Å². The molecule has 2 aromatic heterocycles. The van der Waals surface area contributed by atoms with Gasteiger partial charge in [-0.2, -0.15) is 0 Å². The van der Waals surface area contributed by atoms with Gasteiger partial charge in [-0.25, -0.2) is 4.98 Å². The number of carbonyl (C=O) groups excluding carboxylic acids is 3. The lowest BCUT2D eigenvalue weighted by Crippen LogP contribution is -2.37. The monoisotopic (exact) mass is 675 g/mol. The Morgan fingerprint density at radius 2 is 1.86 bits per heavy atom. The van der Waals surface area contributed by atoms with Crippen molar-refractivity contribution in [3.05, 3.63) is 92.8 Å². The summed E-state index contributed by atoms with van der Waals surface area (Å²) in [6.45, 7) is 2.30. The smallest absolute Gasteiger partial charge is 0.246 e. The van der Waals surface area contributed by atoms with Crippen molar-refractivity contribution in [2.45, 2.75) is 26.4 Å². The normalized spacial score (nSPS) is 12.9. The third kappa shape index (κ3) is 7.13.